The molecule has 2 amide bonds. The van der Waals surface area contributed by atoms with E-state index in [1.165, 1.54) is 23.9 Å². The summed E-state index contributed by atoms with van der Waals surface area (Å²) in [5.41, 5.74) is 0.991. The highest BCUT2D eigenvalue weighted by Gasteiger charge is 2.25. The number of unbranched alkanes of at least 4 members (excludes halogenated alkanes) is 1. The summed E-state index contributed by atoms with van der Waals surface area (Å²) < 4.78 is 13.4. The van der Waals surface area contributed by atoms with Crippen molar-refractivity contribution in [2.75, 3.05) is 18.8 Å². The molecule has 0 radical (unpaired) electrons. The van der Waals surface area contributed by atoms with Crippen molar-refractivity contribution in [1.29, 1.82) is 0 Å². The molecule has 7 heteroatoms. The lowest BCUT2D eigenvalue weighted by atomic mass is 10.1. The smallest absolute Gasteiger partial charge is 0.238 e. The van der Waals surface area contributed by atoms with E-state index in [1.54, 1.807) is 17.0 Å². The zero-order chi connectivity index (χ0) is 16.7. The van der Waals surface area contributed by atoms with Gasteiger partial charge in [0.05, 0.1) is 5.75 Å². The first-order valence-electron chi connectivity index (χ1n) is 7.54. The van der Waals surface area contributed by atoms with Gasteiger partial charge in [-0.2, -0.15) is 0 Å². The lowest BCUT2D eigenvalue weighted by Gasteiger charge is -2.14. The molecule has 124 valence electrons. The number of rotatable bonds is 8. The molecule has 1 aromatic carbocycles. The zero-order valence-corrected chi connectivity index (χ0v) is 14.4. The molecule has 2 rings (SSSR count). The fourth-order valence-electron chi connectivity index (χ4n) is 2.24. The van der Waals surface area contributed by atoms with Gasteiger partial charge in [0, 0.05) is 19.5 Å². The Morgan fingerprint density at radius 3 is 2.70 bits per heavy atom. The Morgan fingerprint density at radius 2 is 2.04 bits per heavy atom. The highest BCUT2D eigenvalue weighted by molar-refractivity contribution is 8.23. The molecule has 1 saturated heterocycles. The van der Waals surface area contributed by atoms with Gasteiger partial charge in [-0.3, -0.25) is 14.5 Å². The Kier molecular flexibility index (Phi) is 6.98. The van der Waals surface area contributed by atoms with E-state index in [0.717, 1.165) is 18.4 Å². The van der Waals surface area contributed by atoms with E-state index >= 15 is 0 Å². The molecule has 0 aliphatic carbocycles. The topological polar surface area (TPSA) is 49.4 Å². The summed E-state index contributed by atoms with van der Waals surface area (Å²) in [7, 11) is 0. The van der Waals surface area contributed by atoms with E-state index in [0.29, 0.717) is 36.0 Å². The van der Waals surface area contributed by atoms with Crippen molar-refractivity contribution in [3.63, 3.8) is 0 Å². The van der Waals surface area contributed by atoms with Crippen LogP contribution >= 0.6 is 24.0 Å². The maximum atomic E-state index is 12.8. The summed E-state index contributed by atoms with van der Waals surface area (Å²) in [5, 5.41) is 2.85. The Morgan fingerprint density at radius 1 is 1.30 bits per heavy atom. The molecular formula is C16H19FN2O2S2. The Labute approximate surface area is 144 Å². The van der Waals surface area contributed by atoms with Crippen molar-refractivity contribution >= 4 is 40.1 Å². The monoisotopic (exact) mass is 354 g/mol. The second-order valence-electron chi connectivity index (χ2n) is 5.28. The van der Waals surface area contributed by atoms with Gasteiger partial charge in [0.1, 0.15) is 10.1 Å². The second-order valence-corrected chi connectivity index (χ2v) is 6.89. The van der Waals surface area contributed by atoms with Crippen LogP contribution in [-0.2, 0) is 16.0 Å². The molecule has 0 bridgehead atoms. The maximum Gasteiger partial charge on any atom is 0.238 e. The lowest BCUT2D eigenvalue weighted by Crippen LogP contribution is -2.30. The number of nitrogens with zero attached hydrogens (tertiary/aromatic N) is 1. The van der Waals surface area contributed by atoms with E-state index in [4.69, 9.17) is 12.2 Å². The largest absolute Gasteiger partial charge is 0.356 e. The lowest BCUT2D eigenvalue weighted by molar-refractivity contribution is -0.124. The van der Waals surface area contributed by atoms with Crippen LogP contribution in [0.3, 0.4) is 0 Å². The van der Waals surface area contributed by atoms with Crippen LogP contribution in [0.4, 0.5) is 4.39 Å². The summed E-state index contributed by atoms with van der Waals surface area (Å²) in [6.07, 6.45) is 2.60. The number of hydrogen-bond donors (Lipinski definition) is 1. The molecule has 1 aromatic rings. The Balaban J connectivity index is 1.55. The van der Waals surface area contributed by atoms with Crippen molar-refractivity contribution in [3.05, 3.63) is 35.6 Å². The number of carbonyl (C=O) groups excluding carboxylic acids is 2. The number of halogens is 1. The summed E-state index contributed by atoms with van der Waals surface area (Å²) in [6.45, 7) is 1.13. The van der Waals surface area contributed by atoms with E-state index in [2.05, 4.69) is 5.32 Å². The Hall–Kier alpha value is -1.47. The molecular weight excluding hydrogens is 335 g/mol. The van der Waals surface area contributed by atoms with Gasteiger partial charge in [0.15, 0.2) is 0 Å². The first-order chi connectivity index (χ1) is 11.1. The van der Waals surface area contributed by atoms with Crippen LogP contribution in [0, 0.1) is 5.82 Å². The predicted octanol–water partition coefficient (Wildman–Crippen LogP) is 2.52. The molecule has 0 aromatic heterocycles. The quantitative estimate of drug-likeness (QED) is 0.576. The standard InChI is InChI=1S/C16H19FN2O2S2/c17-13-6-4-12(5-7-13)8-9-18-14(20)3-1-2-10-19-15(21)11-23-16(19)22/h4-7H,1-3,8-11H2,(H,18,20). The average Bonchev–Trinajstić information content (AvgIpc) is 2.85. The van der Waals surface area contributed by atoms with Gasteiger partial charge < -0.3 is 5.32 Å². The number of hydrogen-bond acceptors (Lipinski definition) is 4. The minimum absolute atomic E-state index is 0.00295. The Bertz CT molecular complexity index is 562. The summed E-state index contributed by atoms with van der Waals surface area (Å²) in [6, 6.07) is 6.27. The average molecular weight is 354 g/mol. The predicted molar refractivity (Wildman–Crippen MR) is 93.7 cm³/mol. The third-order valence-electron chi connectivity index (χ3n) is 3.53. The summed E-state index contributed by atoms with van der Waals surface area (Å²) >= 11 is 6.49. The molecule has 1 heterocycles. The van der Waals surface area contributed by atoms with Gasteiger partial charge in [-0.25, -0.2) is 4.39 Å². The van der Waals surface area contributed by atoms with Crippen molar-refractivity contribution in [2.24, 2.45) is 0 Å². The molecule has 4 nitrogen and oxygen atoms in total. The van der Waals surface area contributed by atoms with Crippen molar-refractivity contribution in [1.82, 2.24) is 10.2 Å². The molecule has 0 atom stereocenters. The third kappa shape index (κ3) is 5.91. The number of amides is 2. The van der Waals surface area contributed by atoms with E-state index < -0.39 is 0 Å². The van der Waals surface area contributed by atoms with Gasteiger partial charge in [0.2, 0.25) is 11.8 Å². The second kappa shape index (κ2) is 8.98. The minimum atomic E-state index is -0.257. The van der Waals surface area contributed by atoms with Crippen LogP contribution in [-0.4, -0.2) is 39.9 Å². The molecule has 0 saturated carbocycles. The first-order valence-corrected chi connectivity index (χ1v) is 8.94. The van der Waals surface area contributed by atoms with Gasteiger partial charge in [-0.1, -0.05) is 36.1 Å². The van der Waals surface area contributed by atoms with Crippen LogP contribution in [0.15, 0.2) is 24.3 Å². The molecule has 1 fully saturated rings. The number of nitrogens with one attached hydrogen (secondary N) is 1. The highest BCUT2D eigenvalue weighted by atomic mass is 32.2. The zero-order valence-electron chi connectivity index (χ0n) is 12.7. The van der Waals surface area contributed by atoms with Gasteiger partial charge in [0.25, 0.3) is 0 Å². The van der Waals surface area contributed by atoms with E-state index in [1.807, 2.05) is 0 Å². The molecule has 23 heavy (non-hydrogen) atoms. The first kappa shape index (κ1) is 17.9. The number of carbonyl (C=O) groups is 2. The van der Waals surface area contributed by atoms with Crippen LogP contribution in [0.25, 0.3) is 0 Å². The van der Waals surface area contributed by atoms with Gasteiger partial charge >= 0.3 is 0 Å². The molecule has 1 aliphatic heterocycles. The van der Waals surface area contributed by atoms with Gasteiger partial charge in [-0.15, -0.1) is 0 Å². The van der Waals surface area contributed by atoms with Crippen molar-refractivity contribution in [2.45, 2.75) is 25.7 Å². The van der Waals surface area contributed by atoms with Crippen LogP contribution in [0.5, 0.6) is 0 Å². The van der Waals surface area contributed by atoms with E-state index in [9.17, 15) is 14.0 Å². The van der Waals surface area contributed by atoms with Crippen molar-refractivity contribution < 1.29 is 14.0 Å². The molecule has 1 aliphatic rings. The van der Waals surface area contributed by atoms with Crippen LogP contribution in [0.2, 0.25) is 0 Å². The molecule has 1 N–H and O–H groups in total. The fraction of sp³-hybridized carbons (Fsp3) is 0.438. The molecule has 0 unspecified atom stereocenters. The molecule has 0 spiro atoms. The number of benzene rings is 1. The summed E-state index contributed by atoms with van der Waals surface area (Å²) in [4.78, 5) is 24.9. The van der Waals surface area contributed by atoms with Crippen molar-refractivity contribution in [3.8, 4) is 0 Å². The highest BCUT2D eigenvalue weighted by Crippen LogP contribution is 2.19. The normalized spacial score (nSPS) is 14.4. The summed E-state index contributed by atoms with van der Waals surface area (Å²) in [5.74, 6) is 0.232. The fourth-order valence-corrected chi connectivity index (χ4v) is 3.36. The number of thiocarbonyl (C=S) groups is 1. The SMILES string of the molecule is O=C(CCCCN1C(=O)CSC1=S)NCCc1ccc(F)cc1. The third-order valence-corrected chi connectivity index (χ3v) is 4.96. The van der Waals surface area contributed by atoms with Crippen LogP contribution in [0.1, 0.15) is 24.8 Å². The van der Waals surface area contributed by atoms with Gasteiger partial charge in [-0.05, 0) is 37.0 Å². The maximum absolute atomic E-state index is 12.8. The minimum Gasteiger partial charge on any atom is -0.356 e. The van der Waals surface area contributed by atoms with E-state index in [-0.39, 0.29) is 17.6 Å². The number of thioether (sulfide) groups is 1. The van der Waals surface area contributed by atoms with Crippen LogP contribution < -0.4 is 5.32 Å².